The lowest BCUT2D eigenvalue weighted by Crippen LogP contribution is -2.43. The highest BCUT2D eigenvalue weighted by molar-refractivity contribution is 5.94. The number of rotatable bonds is 8. The van der Waals surface area contributed by atoms with E-state index in [1.807, 2.05) is 24.3 Å². The van der Waals surface area contributed by atoms with Crippen LogP contribution < -0.4 is 10.1 Å². The van der Waals surface area contributed by atoms with E-state index in [1.165, 1.54) is 0 Å². The largest absolute Gasteiger partial charge is 0.494 e. The van der Waals surface area contributed by atoms with E-state index in [-0.39, 0.29) is 11.9 Å². The average Bonchev–Trinajstić information content (AvgIpc) is 3.22. The first-order chi connectivity index (χ1) is 12.8. The molecule has 3 rings (SSSR count). The zero-order valence-electron chi connectivity index (χ0n) is 15.1. The number of hydrogen-bond donors (Lipinski definition) is 1. The fraction of sp³-hybridized carbons (Fsp3) is 0.450. The molecule has 0 aliphatic carbocycles. The Morgan fingerprint density at radius 3 is 2.85 bits per heavy atom. The van der Waals surface area contributed by atoms with Crippen molar-refractivity contribution in [1.82, 2.24) is 10.2 Å². The van der Waals surface area contributed by atoms with Crippen LogP contribution in [0.15, 0.2) is 47.1 Å². The summed E-state index contributed by atoms with van der Waals surface area (Å²) in [6.07, 6.45) is 2.60. The van der Waals surface area contributed by atoms with Crippen LogP contribution in [0.2, 0.25) is 0 Å². The number of nitrogens with zero attached hydrogens (tertiary/aromatic N) is 1. The third-order valence-corrected chi connectivity index (χ3v) is 4.38. The molecule has 1 unspecified atom stereocenters. The van der Waals surface area contributed by atoms with Gasteiger partial charge in [-0.25, -0.2) is 0 Å². The van der Waals surface area contributed by atoms with Gasteiger partial charge in [-0.3, -0.25) is 9.69 Å². The van der Waals surface area contributed by atoms with E-state index in [9.17, 15) is 4.79 Å². The second-order valence-electron chi connectivity index (χ2n) is 6.27. The summed E-state index contributed by atoms with van der Waals surface area (Å²) in [6, 6.07) is 11.1. The molecule has 2 aromatic rings. The predicted octanol–water partition coefficient (Wildman–Crippen LogP) is 2.87. The predicted molar refractivity (Wildman–Crippen MR) is 98.4 cm³/mol. The normalized spacial score (nSPS) is 16.2. The molecule has 1 aliphatic rings. The van der Waals surface area contributed by atoms with Crippen molar-refractivity contribution in [2.24, 2.45) is 0 Å². The van der Waals surface area contributed by atoms with Gasteiger partial charge in [-0.05, 0) is 36.8 Å². The molecule has 1 saturated heterocycles. The maximum Gasteiger partial charge on any atom is 0.251 e. The van der Waals surface area contributed by atoms with E-state index >= 15 is 0 Å². The van der Waals surface area contributed by atoms with Gasteiger partial charge in [0.25, 0.3) is 5.91 Å². The molecule has 0 spiro atoms. The Balaban J connectivity index is 1.64. The Labute approximate surface area is 154 Å². The summed E-state index contributed by atoms with van der Waals surface area (Å²) in [6.45, 7) is 6.21. The van der Waals surface area contributed by atoms with E-state index < -0.39 is 0 Å². The molecule has 1 amide bonds. The zero-order valence-corrected chi connectivity index (χ0v) is 15.1. The van der Waals surface area contributed by atoms with Gasteiger partial charge in [-0.1, -0.05) is 13.0 Å². The van der Waals surface area contributed by atoms with Crippen LogP contribution in [0, 0.1) is 0 Å². The molecule has 1 N–H and O–H groups in total. The van der Waals surface area contributed by atoms with Gasteiger partial charge in [-0.2, -0.15) is 0 Å². The first-order valence-electron chi connectivity index (χ1n) is 9.14. The lowest BCUT2D eigenvalue weighted by molar-refractivity contribution is 0.0118. The number of hydrogen-bond acceptors (Lipinski definition) is 5. The molecule has 2 heterocycles. The van der Waals surface area contributed by atoms with Crippen molar-refractivity contribution in [2.45, 2.75) is 19.4 Å². The highest BCUT2D eigenvalue weighted by Gasteiger charge is 2.25. The minimum atomic E-state index is -0.114. The van der Waals surface area contributed by atoms with Gasteiger partial charge in [0, 0.05) is 25.2 Å². The zero-order chi connectivity index (χ0) is 18.2. The molecule has 1 atom stereocenters. The summed E-state index contributed by atoms with van der Waals surface area (Å²) in [4.78, 5) is 14.9. The molecule has 0 radical (unpaired) electrons. The Kier molecular flexibility index (Phi) is 6.68. The number of nitrogens with one attached hydrogen (secondary N) is 1. The maximum atomic E-state index is 12.6. The minimum absolute atomic E-state index is 0.00243. The molecular weight excluding hydrogens is 332 g/mol. The Morgan fingerprint density at radius 2 is 2.12 bits per heavy atom. The second kappa shape index (κ2) is 9.40. The monoisotopic (exact) mass is 358 g/mol. The van der Waals surface area contributed by atoms with Gasteiger partial charge in [0.2, 0.25) is 0 Å². The smallest absolute Gasteiger partial charge is 0.251 e. The molecule has 0 saturated carbocycles. The van der Waals surface area contributed by atoms with E-state index in [4.69, 9.17) is 13.9 Å². The van der Waals surface area contributed by atoms with Crippen molar-refractivity contribution in [3.8, 4) is 5.75 Å². The Hall–Kier alpha value is -2.31. The first-order valence-corrected chi connectivity index (χ1v) is 9.14. The van der Waals surface area contributed by atoms with Gasteiger partial charge in [0.1, 0.15) is 11.5 Å². The van der Waals surface area contributed by atoms with Gasteiger partial charge in [-0.15, -0.1) is 0 Å². The summed E-state index contributed by atoms with van der Waals surface area (Å²) in [5.41, 5.74) is 0.596. The highest BCUT2D eigenvalue weighted by atomic mass is 16.5. The molecule has 26 heavy (non-hydrogen) atoms. The molecule has 1 fully saturated rings. The standard InChI is InChI=1S/C20H26N2O4/c1-2-10-25-17-6-3-5-16(14-17)20(23)21-15-18(19-7-4-11-26-19)22-8-12-24-13-9-22/h3-7,11,14,18H,2,8-10,12-13,15H2,1H3,(H,21,23). The van der Waals surface area contributed by atoms with Crippen molar-refractivity contribution in [3.05, 3.63) is 54.0 Å². The van der Waals surface area contributed by atoms with Crippen LogP contribution in [0.5, 0.6) is 5.75 Å². The van der Waals surface area contributed by atoms with Crippen molar-refractivity contribution in [2.75, 3.05) is 39.5 Å². The van der Waals surface area contributed by atoms with Crippen molar-refractivity contribution >= 4 is 5.91 Å². The third kappa shape index (κ3) is 4.86. The third-order valence-electron chi connectivity index (χ3n) is 4.38. The van der Waals surface area contributed by atoms with Gasteiger partial charge in [0.05, 0.1) is 32.1 Å². The fourth-order valence-electron chi connectivity index (χ4n) is 3.02. The van der Waals surface area contributed by atoms with Gasteiger partial charge < -0.3 is 19.2 Å². The van der Waals surface area contributed by atoms with Crippen LogP contribution in [-0.2, 0) is 4.74 Å². The fourth-order valence-corrected chi connectivity index (χ4v) is 3.02. The summed E-state index contributed by atoms with van der Waals surface area (Å²) in [7, 11) is 0. The quantitative estimate of drug-likeness (QED) is 0.786. The molecular formula is C20H26N2O4. The molecule has 140 valence electrons. The Morgan fingerprint density at radius 1 is 1.27 bits per heavy atom. The van der Waals surface area contributed by atoms with Gasteiger partial charge >= 0.3 is 0 Å². The Bertz CT molecular complexity index is 681. The summed E-state index contributed by atoms with van der Waals surface area (Å²) in [5, 5.41) is 3.03. The van der Waals surface area contributed by atoms with Crippen molar-refractivity contribution < 1.29 is 18.7 Å². The first kappa shape index (κ1) is 18.5. The van der Waals surface area contributed by atoms with Crippen LogP contribution in [0.1, 0.15) is 35.5 Å². The lowest BCUT2D eigenvalue weighted by Gasteiger charge is -2.33. The van der Waals surface area contributed by atoms with Crippen molar-refractivity contribution in [3.63, 3.8) is 0 Å². The molecule has 1 aromatic heterocycles. The van der Waals surface area contributed by atoms with Crippen LogP contribution >= 0.6 is 0 Å². The van der Waals surface area contributed by atoms with Crippen LogP contribution in [0.25, 0.3) is 0 Å². The molecule has 6 nitrogen and oxygen atoms in total. The van der Waals surface area contributed by atoms with Crippen molar-refractivity contribution in [1.29, 1.82) is 0 Å². The number of carbonyl (C=O) groups excluding carboxylic acids is 1. The molecule has 0 bridgehead atoms. The van der Waals surface area contributed by atoms with Crippen LogP contribution in [0.4, 0.5) is 0 Å². The number of benzene rings is 1. The summed E-state index contributed by atoms with van der Waals surface area (Å²) >= 11 is 0. The van der Waals surface area contributed by atoms with E-state index in [0.29, 0.717) is 31.9 Å². The number of ether oxygens (including phenoxy) is 2. The number of amides is 1. The highest BCUT2D eigenvalue weighted by Crippen LogP contribution is 2.22. The minimum Gasteiger partial charge on any atom is -0.494 e. The van der Waals surface area contributed by atoms with E-state index in [0.717, 1.165) is 31.0 Å². The number of morpholine rings is 1. The lowest BCUT2D eigenvalue weighted by atomic mass is 10.1. The van der Waals surface area contributed by atoms with Gasteiger partial charge in [0.15, 0.2) is 0 Å². The second-order valence-corrected chi connectivity index (χ2v) is 6.27. The maximum absolute atomic E-state index is 12.6. The SMILES string of the molecule is CCCOc1cccc(C(=O)NCC(c2ccco2)N2CCOCC2)c1. The van der Waals surface area contributed by atoms with E-state index in [2.05, 4.69) is 17.1 Å². The molecule has 1 aromatic carbocycles. The number of carbonyl (C=O) groups is 1. The molecule has 1 aliphatic heterocycles. The van der Waals surface area contributed by atoms with E-state index in [1.54, 1.807) is 18.4 Å². The van der Waals surface area contributed by atoms with Crippen LogP contribution in [0.3, 0.4) is 0 Å². The average molecular weight is 358 g/mol. The number of furan rings is 1. The topological polar surface area (TPSA) is 63.9 Å². The summed E-state index contributed by atoms with van der Waals surface area (Å²) < 4.78 is 16.6. The molecule has 6 heteroatoms. The summed E-state index contributed by atoms with van der Waals surface area (Å²) in [5.74, 6) is 1.46. The van der Waals surface area contributed by atoms with Crippen LogP contribution in [-0.4, -0.2) is 50.3 Å².